The van der Waals surface area contributed by atoms with Gasteiger partial charge < -0.3 is 10.1 Å². The topological polar surface area (TPSA) is 21.3 Å². The minimum atomic E-state index is 0.523. The first-order chi connectivity index (χ1) is 8.78. The Morgan fingerprint density at radius 3 is 2.50 bits per heavy atom. The lowest BCUT2D eigenvalue weighted by atomic mass is 10.1. The van der Waals surface area contributed by atoms with Gasteiger partial charge in [0.1, 0.15) is 5.75 Å². The molecule has 2 heteroatoms. The second-order valence-corrected chi connectivity index (χ2v) is 5.50. The van der Waals surface area contributed by atoms with Crippen molar-refractivity contribution in [3.63, 3.8) is 0 Å². The molecule has 1 fully saturated rings. The zero-order valence-electron chi connectivity index (χ0n) is 11.6. The number of likely N-dealkylation sites (N-methyl/N-ethyl adjacent to an activating group) is 1. The first-order valence-electron chi connectivity index (χ1n) is 7.17. The summed E-state index contributed by atoms with van der Waals surface area (Å²) in [5.41, 5.74) is 1.37. The van der Waals surface area contributed by atoms with Gasteiger partial charge in [-0.25, -0.2) is 0 Å². The van der Waals surface area contributed by atoms with Crippen molar-refractivity contribution in [2.24, 2.45) is 5.92 Å². The fourth-order valence-corrected chi connectivity index (χ4v) is 2.57. The molecule has 100 valence electrons. The molecule has 1 saturated carbocycles. The fraction of sp³-hybridized carbons (Fsp3) is 0.625. The maximum absolute atomic E-state index is 5.86. The minimum Gasteiger partial charge on any atom is -0.493 e. The number of nitrogens with one attached hydrogen (secondary N) is 1. The van der Waals surface area contributed by atoms with E-state index in [-0.39, 0.29) is 0 Å². The summed E-state index contributed by atoms with van der Waals surface area (Å²) in [7, 11) is 2.00. The Hall–Kier alpha value is -1.02. The van der Waals surface area contributed by atoms with Crippen molar-refractivity contribution < 1.29 is 4.74 Å². The summed E-state index contributed by atoms with van der Waals surface area (Å²) >= 11 is 0. The Morgan fingerprint density at radius 2 is 1.89 bits per heavy atom. The summed E-state index contributed by atoms with van der Waals surface area (Å²) in [6.45, 7) is 3.09. The molecule has 2 nitrogen and oxygen atoms in total. The Bertz CT molecular complexity index is 341. The van der Waals surface area contributed by atoms with E-state index >= 15 is 0 Å². The number of hydrogen-bond acceptors (Lipinski definition) is 2. The largest absolute Gasteiger partial charge is 0.493 e. The third-order valence-electron chi connectivity index (χ3n) is 3.92. The normalized spacial score (nSPS) is 17.9. The molecule has 1 atom stereocenters. The van der Waals surface area contributed by atoms with Crippen molar-refractivity contribution in [1.29, 1.82) is 0 Å². The van der Waals surface area contributed by atoms with E-state index in [0.717, 1.165) is 24.7 Å². The molecule has 0 saturated heterocycles. The van der Waals surface area contributed by atoms with Crippen LogP contribution >= 0.6 is 0 Å². The second-order valence-electron chi connectivity index (χ2n) is 5.50. The maximum Gasteiger partial charge on any atom is 0.119 e. The lowest BCUT2D eigenvalue weighted by Crippen LogP contribution is -2.23. The summed E-state index contributed by atoms with van der Waals surface area (Å²) in [5.74, 6) is 1.80. The average molecular weight is 247 g/mol. The summed E-state index contributed by atoms with van der Waals surface area (Å²) < 4.78 is 5.86. The summed E-state index contributed by atoms with van der Waals surface area (Å²) in [6.07, 6.45) is 6.53. The molecule has 0 spiro atoms. The first kappa shape index (κ1) is 13.4. The predicted octanol–water partition coefficient (Wildman–Crippen LogP) is 3.41. The van der Waals surface area contributed by atoms with E-state index in [2.05, 4.69) is 36.5 Å². The van der Waals surface area contributed by atoms with Gasteiger partial charge in [0.25, 0.3) is 0 Å². The van der Waals surface area contributed by atoms with Crippen LogP contribution < -0.4 is 10.1 Å². The number of hydrogen-bond donors (Lipinski definition) is 1. The van der Waals surface area contributed by atoms with Crippen LogP contribution in [-0.4, -0.2) is 19.7 Å². The molecule has 18 heavy (non-hydrogen) atoms. The SMILES string of the molecule is CNC(C)Cc1ccc(OCC2CCCC2)cc1. The van der Waals surface area contributed by atoms with Gasteiger partial charge in [-0.15, -0.1) is 0 Å². The van der Waals surface area contributed by atoms with Crippen LogP contribution in [0.4, 0.5) is 0 Å². The Kier molecular flexibility index (Phi) is 5.06. The standard InChI is InChI=1S/C16H25NO/c1-13(17-2)11-14-7-9-16(10-8-14)18-12-15-5-3-4-6-15/h7-10,13,15,17H,3-6,11-12H2,1-2H3. The molecule has 1 aromatic rings. The molecule has 1 unspecified atom stereocenters. The van der Waals surface area contributed by atoms with E-state index in [1.165, 1.54) is 31.2 Å². The lowest BCUT2D eigenvalue weighted by molar-refractivity contribution is 0.252. The van der Waals surface area contributed by atoms with Gasteiger partial charge in [0.2, 0.25) is 0 Å². The van der Waals surface area contributed by atoms with E-state index < -0.39 is 0 Å². The zero-order valence-corrected chi connectivity index (χ0v) is 11.6. The van der Waals surface area contributed by atoms with Crippen molar-refractivity contribution in [2.75, 3.05) is 13.7 Å². The van der Waals surface area contributed by atoms with Crippen LogP contribution in [0.1, 0.15) is 38.2 Å². The van der Waals surface area contributed by atoms with Gasteiger partial charge in [0, 0.05) is 6.04 Å². The van der Waals surface area contributed by atoms with Crippen molar-refractivity contribution in [1.82, 2.24) is 5.32 Å². The van der Waals surface area contributed by atoms with Gasteiger partial charge in [-0.2, -0.15) is 0 Å². The monoisotopic (exact) mass is 247 g/mol. The van der Waals surface area contributed by atoms with Crippen molar-refractivity contribution >= 4 is 0 Å². The van der Waals surface area contributed by atoms with Gasteiger partial charge in [-0.05, 0) is 56.8 Å². The highest BCUT2D eigenvalue weighted by atomic mass is 16.5. The van der Waals surface area contributed by atoms with E-state index in [0.29, 0.717) is 6.04 Å². The lowest BCUT2D eigenvalue weighted by Gasteiger charge is -2.13. The molecule has 1 aromatic carbocycles. The van der Waals surface area contributed by atoms with Crippen molar-refractivity contribution in [2.45, 2.75) is 45.1 Å². The van der Waals surface area contributed by atoms with E-state index in [4.69, 9.17) is 4.74 Å². The molecule has 0 bridgehead atoms. The summed E-state index contributed by atoms with van der Waals surface area (Å²) in [5, 5.41) is 3.26. The zero-order chi connectivity index (χ0) is 12.8. The highest BCUT2D eigenvalue weighted by molar-refractivity contribution is 5.27. The minimum absolute atomic E-state index is 0.523. The first-order valence-corrected chi connectivity index (χ1v) is 7.17. The molecule has 0 aromatic heterocycles. The molecule has 1 N–H and O–H groups in total. The van der Waals surface area contributed by atoms with Crippen LogP contribution in [0.15, 0.2) is 24.3 Å². The quantitative estimate of drug-likeness (QED) is 0.832. The molecule has 0 amide bonds. The van der Waals surface area contributed by atoms with Gasteiger partial charge in [0.15, 0.2) is 0 Å². The summed E-state index contributed by atoms with van der Waals surface area (Å²) in [6, 6.07) is 9.09. The second kappa shape index (κ2) is 6.79. The molecule has 2 rings (SSSR count). The Morgan fingerprint density at radius 1 is 1.22 bits per heavy atom. The van der Waals surface area contributed by atoms with Crippen LogP contribution in [0.2, 0.25) is 0 Å². The van der Waals surface area contributed by atoms with Crippen molar-refractivity contribution in [3.05, 3.63) is 29.8 Å². The van der Waals surface area contributed by atoms with Crippen LogP contribution in [-0.2, 0) is 6.42 Å². The molecule has 0 heterocycles. The molecular weight excluding hydrogens is 222 g/mol. The maximum atomic E-state index is 5.86. The molecule has 1 aliphatic rings. The number of benzene rings is 1. The van der Waals surface area contributed by atoms with Crippen LogP contribution in [0, 0.1) is 5.92 Å². The summed E-state index contributed by atoms with van der Waals surface area (Å²) in [4.78, 5) is 0. The molecular formula is C16H25NO. The molecule has 1 aliphatic carbocycles. The highest BCUT2D eigenvalue weighted by Gasteiger charge is 2.15. The Labute approximate surface area is 111 Å². The van der Waals surface area contributed by atoms with Crippen LogP contribution in [0.5, 0.6) is 5.75 Å². The van der Waals surface area contributed by atoms with Crippen LogP contribution in [0.25, 0.3) is 0 Å². The predicted molar refractivity (Wildman–Crippen MR) is 76.1 cm³/mol. The fourth-order valence-electron chi connectivity index (χ4n) is 2.57. The third-order valence-corrected chi connectivity index (χ3v) is 3.92. The molecule has 0 radical (unpaired) electrons. The van der Waals surface area contributed by atoms with Crippen molar-refractivity contribution in [3.8, 4) is 5.75 Å². The third kappa shape index (κ3) is 4.02. The number of ether oxygens (including phenoxy) is 1. The van der Waals surface area contributed by atoms with Gasteiger partial charge in [-0.3, -0.25) is 0 Å². The Balaban J connectivity index is 1.79. The average Bonchev–Trinajstić information content (AvgIpc) is 2.91. The van der Waals surface area contributed by atoms with E-state index in [1.807, 2.05) is 7.05 Å². The van der Waals surface area contributed by atoms with Gasteiger partial charge in [-0.1, -0.05) is 25.0 Å². The van der Waals surface area contributed by atoms with E-state index in [1.54, 1.807) is 0 Å². The highest BCUT2D eigenvalue weighted by Crippen LogP contribution is 2.25. The van der Waals surface area contributed by atoms with Gasteiger partial charge >= 0.3 is 0 Å². The number of rotatable bonds is 6. The van der Waals surface area contributed by atoms with Crippen LogP contribution in [0.3, 0.4) is 0 Å². The molecule has 0 aliphatic heterocycles. The smallest absolute Gasteiger partial charge is 0.119 e. The van der Waals surface area contributed by atoms with E-state index in [9.17, 15) is 0 Å². The van der Waals surface area contributed by atoms with Gasteiger partial charge in [0.05, 0.1) is 6.61 Å².